The highest BCUT2D eigenvalue weighted by atomic mass is 32.2. The maximum absolute atomic E-state index is 12.4. The third-order valence-electron chi connectivity index (χ3n) is 2.48. The number of carbonyl (C=O) groups is 1. The van der Waals surface area contributed by atoms with Crippen LogP contribution in [0.4, 0.5) is 13.2 Å². The molecule has 0 bridgehead atoms. The summed E-state index contributed by atoms with van der Waals surface area (Å²) in [6.45, 7) is 0. The molecule has 2 aromatic carbocycles. The van der Waals surface area contributed by atoms with Crippen molar-refractivity contribution in [2.24, 2.45) is 0 Å². The minimum Gasteiger partial charge on any atom is -0.292 e. The molecule has 0 saturated heterocycles. The molecule has 1 amide bonds. The number of carbonyl (C=O) groups excluding carboxylic acids is 1. The van der Waals surface area contributed by atoms with Gasteiger partial charge in [-0.2, -0.15) is 13.2 Å². The quantitative estimate of drug-likeness (QED) is 0.863. The van der Waals surface area contributed by atoms with Gasteiger partial charge in [0.25, 0.3) is 5.91 Å². The van der Waals surface area contributed by atoms with E-state index < -0.39 is 17.6 Å². The maximum atomic E-state index is 12.4. The third kappa shape index (κ3) is 3.77. The van der Waals surface area contributed by atoms with Crippen LogP contribution in [-0.2, 0) is 6.18 Å². The lowest BCUT2D eigenvalue weighted by Gasteiger charge is -2.08. The number of benzene rings is 2. The standard InChI is InChI=1S/C14H10F3NOS/c15-14(16,17)11-8-6-10(7-9-11)13(19)18-20-12-4-2-1-3-5-12/h1-9H,(H,18,19). The van der Waals surface area contributed by atoms with Gasteiger partial charge in [0.2, 0.25) is 0 Å². The van der Waals surface area contributed by atoms with E-state index in [1.165, 1.54) is 0 Å². The minimum atomic E-state index is -4.40. The van der Waals surface area contributed by atoms with E-state index in [1.54, 1.807) is 0 Å². The van der Waals surface area contributed by atoms with E-state index in [9.17, 15) is 18.0 Å². The van der Waals surface area contributed by atoms with E-state index in [-0.39, 0.29) is 5.56 Å². The van der Waals surface area contributed by atoms with Crippen LogP contribution in [-0.4, -0.2) is 5.91 Å². The second kappa shape index (κ2) is 6.00. The van der Waals surface area contributed by atoms with Crippen LogP contribution in [0.25, 0.3) is 0 Å². The molecular weight excluding hydrogens is 287 g/mol. The molecule has 1 N–H and O–H groups in total. The zero-order valence-corrected chi connectivity index (χ0v) is 11.0. The molecule has 0 radical (unpaired) electrons. The number of rotatable bonds is 3. The van der Waals surface area contributed by atoms with E-state index in [0.717, 1.165) is 41.1 Å². The molecule has 104 valence electrons. The molecule has 0 unspecified atom stereocenters. The second-order valence-electron chi connectivity index (χ2n) is 3.92. The first-order valence-electron chi connectivity index (χ1n) is 5.66. The van der Waals surface area contributed by atoms with Crippen LogP contribution in [0.3, 0.4) is 0 Å². The van der Waals surface area contributed by atoms with Crippen LogP contribution in [0.1, 0.15) is 15.9 Å². The molecule has 0 heterocycles. The fourth-order valence-corrected chi connectivity index (χ4v) is 2.08. The molecule has 20 heavy (non-hydrogen) atoms. The van der Waals surface area contributed by atoms with Crippen molar-refractivity contribution >= 4 is 17.9 Å². The second-order valence-corrected chi connectivity index (χ2v) is 4.80. The van der Waals surface area contributed by atoms with Crippen LogP contribution in [0.5, 0.6) is 0 Å². The van der Waals surface area contributed by atoms with Gasteiger partial charge in [-0.3, -0.25) is 9.52 Å². The van der Waals surface area contributed by atoms with E-state index in [1.807, 2.05) is 30.3 Å². The Morgan fingerprint density at radius 1 is 0.950 bits per heavy atom. The summed E-state index contributed by atoms with van der Waals surface area (Å²) in [5.74, 6) is -0.437. The lowest BCUT2D eigenvalue weighted by molar-refractivity contribution is -0.137. The van der Waals surface area contributed by atoms with Gasteiger partial charge < -0.3 is 0 Å². The predicted octanol–water partition coefficient (Wildman–Crippen LogP) is 4.14. The molecule has 2 aromatic rings. The van der Waals surface area contributed by atoms with Crippen molar-refractivity contribution in [3.8, 4) is 0 Å². The van der Waals surface area contributed by atoms with Gasteiger partial charge in [-0.05, 0) is 48.3 Å². The molecule has 0 aliphatic rings. The zero-order chi connectivity index (χ0) is 14.6. The Bertz CT molecular complexity index is 582. The topological polar surface area (TPSA) is 29.1 Å². The predicted molar refractivity (Wildman–Crippen MR) is 71.2 cm³/mol. The third-order valence-corrected chi connectivity index (χ3v) is 3.27. The van der Waals surface area contributed by atoms with Crippen molar-refractivity contribution < 1.29 is 18.0 Å². The molecule has 0 aromatic heterocycles. The van der Waals surface area contributed by atoms with Gasteiger partial charge in [-0.1, -0.05) is 18.2 Å². The van der Waals surface area contributed by atoms with Gasteiger partial charge in [0.15, 0.2) is 0 Å². The smallest absolute Gasteiger partial charge is 0.292 e. The van der Waals surface area contributed by atoms with Gasteiger partial charge in [0.05, 0.1) is 5.56 Å². The van der Waals surface area contributed by atoms with Crippen molar-refractivity contribution in [2.45, 2.75) is 11.1 Å². The lowest BCUT2D eigenvalue weighted by Crippen LogP contribution is -2.16. The summed E-state index contributed by atoms with van der Waals surface area (Å²) in [6, 6.07) is 13.2. The van der Waals surface area contributed by atoms with Crippen molar-refractivity contribution in [2.75, 3.05) is 0 Å². The number of alkyl halides is 3. The number of amides is 1. The van der Waals surface area contributed by atoms with Gasteiger partial charge in [0.1, 0.15) is 0 Å². The molecule has 6 heteroatoms. The van der Waals surface area contributed by atoms with Gasteiger partial charge >= 0.3 is 6.18 Å². The monoisotopic (exact) mass is 297 g/mol. The fourth-order valence-electron chi connectivity index (χ4n) is 1.46. The highest BCUT2D eigenvalue weighted by Gasteiger charge is 2.30. The van der Waals surface area contributed by atoms with Gasteiger partial charge in [-0.15, -0.1) is 0 Å². The highest BCUT2D eigenvalue weighted by Crippen LogP contribution is 2.29. The van der Waals surface area contributed by atoms with Crippen LogP contribution in [0, 0.1) is 0 Å². The Labute approximate surface area is 118 Å². The summed E-state index contributed by atoms with van der Waals surface area (Å²) >= 11 is 1.11. The van der Waals surface area contributed by atoms with Crippen LogP contribution in [0.2, 0.25) is 0 Å². The van der Waals surface area contributed by atoms with E-state index in [0.29, 0.717) is 0 Å². The van der Waals surface area contributed by atoms with Crippen LogP contribution < -0.4 is 4.72 Å². The van der Waals surface area contributed by atoms with Crippen LogP contribution >= 0.6 is 11.9 Å². The average Bonchev–Trinajstić information content (AvgIpc) is 2.45. The molecule has 2 rings (SSSR count). The van der Waals surface area contributed by atoms with Crippen LogP contribution in [0.15, 0.2) is 59.5 Å². The van der Waals surface area contributed by atoms with E-state index in [4.69, 9.17) is 0 Å². The normalized spacial score (nSPS) is 11.2. The number of halogens is 3. The van der Waals surface area contributed by atoms with Gasteiger partial charge in [-0.25, -0.2) is 0 Å². The number of nitrogens with one attached hydrogen (secondary N) is 1. The maximum Gasteiger partial charge on any atom is 0.416 e. The Morgan fingerprint density at radius 2 is 1.55 bits per heavy atom. The summed E-state index contributed by atoms with van der Waals surface area (Å²) in [6.07, 6.45) is -4.40. The summed E-state index contributed by atoms with van der Waals surface area (Å²) in [5, 5.41) is 0. The molecular formula is C14H10F3NOS. The summed E-state index contributed by atoms with van der Waals surface area (Å²) in [5.41, 5.74) is -0.591. The Kier molecular flexibility index (Phi) is 4.34. The Balaban J connectivity index is 1.99. The number of hydrogen-bond acceptors (Lipinski definition) is 2. The first-order chi connectivity index (χ1) is 9.47. The first kappa shape index (κ1) is 14.5. The SMILES string of the molecule is O=C(NSc1ccccc1)c1ccc(C(F)(F)F)cc1. The molecule has 2 nitrogen and oxygen atoms in total. The molecule has 0 atom stereocenters. The van der Waals surface area contributed by atoms with Crippen molar-refractivity contribution in [3.63, 3.8) is 0 Å². The lowest BCUT2D eigenvalue weighted by atomic mass is 10.1. The Morgan fingerprint density at radius 3 is 2.10 bits per heavy atom. The molecule has 0 aliphatic heterocycles. The largest absolute Gasteiger partial charge is 0.416 e. The molecule has 0 spiro atoms. The minimum absolute atomic E-state index is 0.182. The summed E-state index contributed by atoms with van der Waals surface area (Å²) in [7, 11) is 0. The van der Waals surface area contributed by atoms with E-state index in [2.05, 4.69) is 4.72 Å². The van der Waals surface area contributed by atoms with Gasteiger partial charge in [0, 0.05) is 10.5 Å². The fraction of sp³-hybridized carbons (Fsp3) is 0.0714. The summed E-state index contributed by atoms with van der Waals surface area (Å²) < 4.78 is 39.7. The molecule has 0 aliphatic carbocycles. The molecule has 0 saturated carbocycles. The summed E-state index contributed by atoms with van der Waals surface area (Å²) in [4.78, 5) is 12.6. The highest BCUT2D eigenvalue weighted by molar-refractivity contribution is 7.98. The average molecular weight is 297 g/mol. The van der Waals surface area contributed by atoms with Crippen molar-refractivity contribution in [3.05, 3.63) is 65.7 Å². The van der Waals surface area contributed by atoms with E-state index >= 15 is 0 Å². The van der Waals surface area contributed by atoms with Crippen molar-refractivity contribution in [1.82, 2.24) is 4.72 Å². The molecule has 0 fully saturated rings. The zero-order valence-electron chi connectivity index (χ0n) is 10.1. The number of hydrogen-bond donors (Lipinski definition) is 1. The first-order valence-corrected chi connectivity index (χ1v) is 6.48. The Hall–Kier alpha value is -1.95. The van der Waals surface area contributed by atoms with Crippen molar-refractivity contribution in [1.29, 1.82) is 0 Å².